The van der Waals surface area contributed by atoms with Crippen molar-refractivity contribution >= 4 is 11.0 Å². The lowest BCUT2D eigenvalue weighted by Gasteiger charge is -2.15. The summed E-state index contributed by atoms with van der Waals surface area (Å²) in [7, 11) is 0. The van der Waals surface area contributed by atoms with E-state index in [0.29, 0.717) is 0 Å². The fourth-order valence-corrected chi connectivity index (χ4v) is 3.24. The molecule has 1 N–H and O–H groups in total. The highest BCUT2D eigenvalue weighted by molar-refractivity contribution is 5.82. The molecular weight excluding hydrogens is 260 g/mol. The average molecular weight is 286 g/mol. The molecule has 0 saturated carbocycles. The van der Waals surface area contributed by atoms with Crippen LogP contribution in [0.2, 0.25) is 0 Å². The number of furan rings is 1. The zero-order valence-corrected chi connectivity index (χ0v) is 13.2. The normalized spacial score (nSPS) is 19.6. The predicted molar refractivity (Wildman–Crippen MR) is 87.3 cm³/mol. The largest absolute Gasteiger partial charge is 0.459 e. The highest BCUT2D eigenvalue weighted by Gasteiger charge is 2.22. The number of nitrogens with zero attached hydrogens (tertiary/aromatic N) is 1. The smallest absolute Gasteiger partial charge is 0.134 e. The highest BCUT2D eigenvalue weighted by Crippen LogP contribution is 2.29. The summed E-state index contributed by atoms with van der Waals surface area (Å²) >= 11 is 0. The number of hydrogen-bond acceptors (Lipinski definition) is 3. The fourth-order valence-electron chi connectivity index (χ4n) is 3.24. The van der Waals surface area contributed by atoms with Gasteiger partial charge in [0.2, 0.25) is 0 Å². The summed E-state index contributed by atoms with van der Waals surface area (Å²) in [5.74, 6) is 1.94. The summed E-state index contributed by atoms with van der Waals surface area (Å²) in [5.41, 5.74) is 2.40. The van der Waals surface area contributed by atoms with E-state index >= 15 is 0 Å². The minimum atomic E-state index is 0.824. The Morgan fingerprint density at radius 3 is 2.95 bits per heavy atom. The van der Waals surface area contributed by atoms with Gasteiger partial charge in [-0.05, 0) is 37.9 Å². The average Bonchev–Trinajstić information content (AvgIpc) is 3.05. The highest BCUT2D eigenvalue weighted by atomic mass is 16.3. The van der Waals surface area contributed by atoms with E-state index in [0.717, 1.165) is 43.3 Å². The quantitative estimate of drug-likeness (QED) is 0.819. The molecule has 3 nitrogen and oxygen atoms in total. The molecule has 114 valence electrons. The number of rotatable bonds is 6. The Morgan fingerprint density at radius 2 is 2.19 bits per heavy atom. The van der Waals surface area contributed by atoms with Crippen LogP contribution in [0.4, 0.5) is 0 Å². The van der Waals surface area contributed by atoms with E-state index in [4.69, 9.17) is 4.42 Å². The first-order valence-corrected chi connectivity index (χ1v) is 8.20. The Kier molecular flexibility index (Phi) is 4.61. The summed E-state index contributed by atoms with van der Waals surface area (Å²) in [5, 5.41) is 4.76. The summed E-state index contributed by atoms with van der Waals surface area (Å²) in [6.45, 7) is 9.85. The second kappa shape index (κ2) is 6.63. The molecule has 0 radical (unpaired) electrons. The molecule has 2 aromatic rings. The Labute approximate surface area is 127 Å². The van der Waals surface area contributed by atoms with Crippen LogP contribution in [0, 0.1) is 5.92 Å². The zero-order valence-electron chi connectivity index (χ0n) is 13.2. The standard InChI is InChI=1S/C18H26N2O/c1-3-9-19-11-18-16(13-20-10-8-14(2)12-20)15-6-4-5-7-17(15)21-18/h4-7,14,19H,3,8-13H2,1-2H3. The van der Waals surface area contributed by atoms with Gasteiger partial charge in [0, 0.05) is 24.0 Å². The second-order valence-corrected chi connectivity index (χ2v) is 6.31. The van der Waals surface area contributed by atoms with Crippen LogP contribution < -0.4 is 5.32 Å². The summed E-state index contributed by atoms with van der Waals surface area (Å²) in [4.78, 5) is 2.56. The molecule has 0 amide bonds. The fraction of sp³-hybridized carbons (Fsp3) is 0.556. The van der Waals surface area contributed by atoms with Crippen molar-refractivity contribution in [3.63, 3.8) is 0 Å². The van der Waals surface area contributed by atoms with E-state index in [1.54, 1.807) is 0 Å². The number of benzene rings is 1. The molecule has 1 aromatic heterocycles. The first-order chi connectivity index (χ1) is 10.3. The first-order valence-electron chi connectivity index (χ1n) is 8.20. The number of para-hydroxylation sites is 1. The summed E-state index contributed by atoms with van der Waals surface area (Å²) in [6.07, 6.45) is 2.47. The van der Waals surface area contributed by atoms with Crippen molar-refractivity contribution in [3.05, 3.63) is 35.6 Å². The van der Waals surface area contributed by atoms with Crippen LogP contribution in [0.3, 0.4) is 0 Å². The molecule has 0 aliphatic carbocycles. The lowest BCUT2D eigenvalue weighted by molar-refractivity contribution is 0.317. The van der Waals surface area contributed by atoms with Crippen LogP contribution in [0.25, 0.3) is 11.0 Å². The van der Waals surface area contributed by atoms with E-state index in [1.165, 1.54) is 30.5 Å². The van der Waals surface area contributed by atoms with Crippen molar-refractivity contribution < 1.29 is 4.42 Å². The van der Waals surface area contributed by atoms with Gasteiger partial charge in [-0.3, -0.25) is 4.90 Å². The van der Waals surface area contributed by atoms with Crippen molar-refractivity contribution in [1.29, 1.82) is 0 Å². The lowest BCUT2D eigenvalue weighted by Crippen LogP contribution is -2.21. The minimum Gasteiger partial charge on any atom is -0.459 e. The second-order valence-electron chi connectivity index (χ2n) is 6.31. The molecule has 2 heterocycles. The van der Waals surface area contributed by atoms with E-state index in [-0.39, 0.29) is 0 Å². The van der Waals surface area contributed by atoms with Crippen molar-refractivity contribution in [1.82, 2.24) is 10.2 Å². The van der Waals surface area contributed by atoms with Gasteiger partial charge in [0.15, 0.2) is 0 Å². The van der Waals surface area contributed by atoms with Gasteiger partial charge in [0.1, 0.15) is 11.3 Å². The Morgan fingerprint density at radius 1 is 1.33 bits per heavy atom. The first kappa shape index (κ1) is 14.6. The van der Waals surface area contributed by atoms with Crippen LogP contribution in [0.15, 0.2) is 28.7 Å². The molecule has 1 aliphatic heterocycles. The maximum absolute atomic E-state index is 6.09. The van der Waals surface area contributed by atoms with Crippen molar-refractivity contribution in [2.24, 2.45) is 5.92 Å². The zero-order chi connectivity index (χ0) is 14.7. The molecule has 1 atom stereocenters. The molecule has 0 bridgehead atoms. The van der Waals surface area contributed by atoms with Crippen LogP contribution in [0.5, 0.6) is 0 Å². The molecule has 1 saturated heterocycles. The molecule has 3 rings (SSSR count). The van der Waals surface area contributed by atoms with Gasteiger partial charge in [-0.1, -0.05) is 32.0 Å². The third-order valence-corrected chi connectivity index (χ3v) is 4.38. The van der Waals surface area contributed by atoms with Gasteiger partial charge in [-0.25, -0.2) is 0 Å². The van der Waals surface area contributed by atoms with E-state index < -0.39 is 0 Å². The predicted octanol–water partition coefficient (Wildman–Crippen LogP) is 3.77. The molecule has 21 heavy (non-hydrogen) atoms. The SMILES string of the molecule is CCCNCc1oc2ccccc2c1CN1CCC(C)C1. The van der Waals surface area contributed by atoms with Gasteiger partial charge in [0.05, 0.1) is 6.54 Å². The van der Waals surface area contributed by atoms with Crippen LogP contribution in [-0.4, -0.2) is 24.5 Å². The Hall–Kier alpha value is -1.32. The summed E-state index contributed by atoms with van der Waals surface area (Å²) in [6, 6.07) is 8.43. The molecule has 0 spiro atoms. The van der Waals surface area contributed by atoms with Gasteiger partial charge in [-0.2, -0.15) is 0 Å². The third-order valence-electron chi connectivity index (χ3n) is 4.38. The monoisotopic (exact) mass is 286 g/mol. The van der Waals surface area contributed by atoms with Crippen LogP contribution >= 0.6 is 0 Å². The van der Waals surface area contributed by atoms with Crippen LogP contribution in [0.1, 0.15) is 38.0 Å². The molecular formula is C18H26N2O. The number of likely N-dealkylation sites (tertiary alicyclic amines) is 1. The van der Waals surface area contributed by atoms with E-state index in [1.807, 2.05) is 0 Å². The van der Waals surface area contributed by atoms with Crippen molar-refractivity contribution in [2.45, 2.75) is 39.8 Å². The molecule has 3 heteroatoms. The van der Waals surface area contributed by atoms with Gasteiger partial charge >= 0.3 is 0 Å². The number of hydrogen-bond donors (Lipinski definition) is 1. The Balaban J connectivity index is 1.84. The van der Waals surface area contributed by atoms with Gasteiger partial charge in [-0.15, -0.1) is 0 Å². The van der Waals surface area contributed by atoms with E-state index in [2.05, 4.69) is 48.3 Å². The maximum Gasteiger partial charge on any atom is 0.134 e. The maximum atomic E-state index is 6.09. The van der Waals surface area contributed by atoms with Crippen molar-refractivity contribution in [2.75, 3.05) is 19.6 Å². The summed E-state index contributed by atoms with van der Waals surface area (Å²) < 4.78 is 6.09. The molecule has 1 aliphatic rings. The molecule has 1 aromatic carbocycles. The van der Waals surface area contributed by atoms with Gasteiger partial charge < -0.3 is 9.73 Å². The number of nitrogens with one attached hydrogen (secondary N) is 1. The van der Waals surface area contributed by atoms with Crippen molar-refractivity contribution in [3.8, 4) is 0 Å². The van der Waals surface area contributed by atoms with Gasteiger partial charge in [0.25, 0.3) is 0 Å². The minimum absolute atomic E-state index is 0.824. The Bertz CT molecular complexity index is 590. The van der Waals surface area contributed by atoms with Crippen LogP contribution in [-0.2, 0) is 13.1 Å². The number of fused-ring (bicyclic) bond motifs is 1. The molecule has 1 fully saturated rings. The lowest BCUT2D eigenvalue weighted by atomic mass is 10.1. The van der Waals surface area contributed by atoms with E-state index in [9.17, 15) is 0 Å². The third kappa shape index (κ3) is 3.30. The molecule has 1 unspecified atom stereocenters. The topological polar surface area (TPSA) is 28.4 Å².